The average molecular weight is 585 g/mol. The van der Waals surface area contributed by atoms with Crippen LogP contribution in [0.2, 0.25) is 0 Å². The molecular formula is C33H52N4O3S. The second kappa shape index (κ2) is 14.0. The van der Waals surface area contributed by atoms with Gasteiger partial charge >= 0.3 is 0 Å². The van der Waals surface area contributed by atoms with Crippen molar-refractivity contribution < 1.29 is 17.2 Å². The van der Waals surface area contributed by atoms with Crippen LogP contribution >= 0.6 is 11.8 Å². The molecule has 2 fully saturated rings. The Morgan fingerprint density at radius 1 is 1.05 bits per heavy atom. The first-order valence-electron chi connectivity index (χ1n) is 14.8. The van der Waals surface area contributed by atoms with Crippen molar-refractivity contribution in [1.29, 1.82) is 0 Å². The van der Waals surface area contributed by atoms with Crippen LogP contribution in [0.15, 0.2) is 41.8 Å². The number of likely N-dealkylation sites (N-methyl/N-ethyl adjacent to an activating group) is 1. The van der Waals surface area contributed by atoms with Gasteiger partial charge in [-0.25, -0.2) is 0 Å². The Balaban J connectivity index is 0.00000215. The molecule has 0 aromatic heterocycles. The zero-order valence-corrected chi connectivity index (χ0v) is 25.1. The molecule has 1 saturated carbocycles. The van der Waals surface area contributed by atoms with Gasteiger partial charge < -0.3 is 25.2 Å². The number of ether oxygens (including phenoxy) is 1. The van der Waals surface area contributed by atoms with Gasteiger partial charge in [0.15, 0.2) is 0 Å². The summed E-state index contributed by atoms with van der Waals surface area (Å²) in [4.78, 5) is 31.5. The average Bonchev–Trinajstić information content (AvgIpc) is 3.49. The number of thioether (sulfide) groups is 1. The molecular weight excluding hydrogens is 532 g/mol. The van der Waals surface area contributed by atoms with E-state index in [9.17, 15) is 9.59 Å². The molecule has 228 valence electrons. The van der Waals surface area contributed by atoms with Crippen LogP contribution in [-0.4, -0.2) is 79.3 Å². The first-order valence-corrected chi connectivity index (χ1v) is 15.8. The number of benzene rings is 2. The second-order valence-electron chi connectivity index (χ2n) is 11.6. The number of methoxy groups -OCH3 is 1. The van der Waals surface area contributed by atoms with Gasteiger partial charge in [0.2, 0.25) is 11.8 Å². The summed E-state index contributed by atoms with van der Waals surface area (Å²) in [5.74, 6) is 1.12. The SMILES string of the molecule is C.CN[C@@H](C)C(=O)N[C@H](C(=O)N1CCC[C@H]1C1CN(C)C(c2ccc(OC)c3ccccc23)=CS1)C1CCCCC1.[HH].[HH]. The van der Waals surface area contributed by atoms with Crippen molar-refractivity contribution in [3.63, 3.8) is 0 Å². The van der Waals surface area contributed by atoms with E-state index in [2.05, 4.69) is 63.2 Å². The summed E-state index contributed by atoms with van der Waals surface area (Å²) in [6.45, 7) is 3.48. The van der Waals surface area contributed by atoms with Gasteiger partial charge in [-0.15, -0.1) is 11.8 Å². The second-order valence-corrected chi connectivity index (χ2v) is 12.7. The fourth-order valence-corrected chi connectivity index (χ4v) is 8.08. The number of carbonyl (C=O) groups is 2. The van der Waals surface area contributed by atoms with E-state index in [0.717, 1.165) is 62.8 Å². The van der Waals surface area contributed by atoms with Gasteiger partial charge in [0.05, 0.1) is 18.8 Å². The zero-order valence-electron chi connectivity index (χ0n) is 24.3. The summed E-state index contributed by atoms with van der Waals surface area (Å²) in [6, 6.07) is 12.0. The van der Waals surface area contributed by atoms with E-state index in [0.29, 0.717) is 0 Å². The summed E-state index contributed by atoms with van der Waals surface area (Å²) < 4.78 is 5.62. The maximum Gasteiger partial charge on any atom is 0.245 e. The van der Waals surface area contributed by atoms with Gasteiger partial charge in [-0.05, 0) is 68.5 Å². The highest BCUT2D eigenvalue weighted by Crippen LogP contribution is 2.40. The van der Waals surface area contributed by atoms with Gasteiger partial charge in [0.25, 0.3) is 0 Å². The predicted octanol–water partition coefficient (Wildman–Crippen LogP) is 5.99. The number of nitrogens with zero attached hydrogens (tertiary/aromatic N) is 2. The van der Waals surface area contributed by atoms with Crippen LogP contribution in [0.3, 0.4) is 0 Å². The minimum atomic E-state index is -0.438. The van der Waals surface area contributed by atoms with Gasteiger partial charge in [0.1, 0.15) is 11.8 Å². The Morgan fingerprint density at radius 3 is 2.46 bits per heavy atom. The highest BCUT2D eigenvalue weighted by Gasteiger charge is 2.42. The van der Waals surface area contributed by atoms with Gasteiger partial charge in [0, 0.05) is 45.2 Å². The van der Waals surface area contributed by atoms with E-state index in [4.69, 9.17) is 4.74 Å². The summed E-state index contributed by atoms with van der Waals surface area (Å²) >= 11 is 1.85. The maximum atomic E-state index is 14.2. The minimum absolute atomic E-state index is 0. The molecule has 4 atom stereocenters. The summed E-state index contributed by atoms with van der Waals surface area (Å²) in [5.41, 5.74) is 2.40. The van der Waals surface area contributed by atoms with E-state index < -0.39 is 6.04 Å². The van der Waals surface area contributed by atoms with Crippen LogP contribution in [0.25, 0.3) is 16.5 Å². The van der Waals surface area contributed by atoms with Crippen molar-refractivity contribution in [1.82, 2.24) is 20.4 Å². The fraction of sp³-hybridized carbons (Fsp3) is 0.576. The Hall–Kier alpha value is -2.71. The van der Waals surface area contributed by atoms with Crippen molar-refractivity contribution in [2.45, 2.75) is 82.7 Å². The van der Waals surface area contributed by atoms with Crippen LogP contribution in [0.4, 0.5) is 0 Å². The molecule has 2 aliphatic heterocycles. The molecule has 8 heteroatoms. The van der Waals surface area contributed by atoms with E-state index in [1.165, 1.54) is 23.1 Å². The summed E-state index contributed by atoms with van der Waals surface area (Å²) in [7, 11) is 5.66. The molecule has 1 saturated heterocycles. The predicted molar refractivity (Wildman–Crippen MR) is 175 cm³/mol. The Bertz CT molecular complexity index is 1260. The van der Waals surface area contributed by atoms with Crippen LogP contribution < -0.4 is 15.4 Å². The molecule has 1 aliphatic carbocycles. The number of rotatable bonds is 8. The molecule has 1 unspecified atom stereocenters. The molecule has 0 spiro atoms. The minimum Gasteiger partial charge on any atom is -0.496 e. The smallest absolute Gasteiger partial charge is 0.245 e. The molecule has 3 aliphatic rings. The highest BCUT2D eigenvalue weighted by molar-refractivity contribution is 8.03. The largest absolute Gasteiger partial charge is 0.496 e. The lowest BCUT2D eigenvalue weighted by atomic mass is 9.83. The third-order valence-electron chi connectivity index (χ3n) is 9.12. The first-order chi connectivity index (χ1) is 19.4. The van der Waals surface area contributed by atoms with Gasteiger partial charge in [-0.1, -0.05) is 51.0 Å². The number of fused-ring (bicyclic) bond motifs is 1. The van der Waals surface area contributed by atoms with Crippen molar-refractivity contribution in [3.8, 4) is 5.75 Å². The number of hydrogen-bond donors (Lipinski definition) is 2. The topological polar surface area (TPSA) is 73.9 Å². The van der Waals surface area contributed by atoms with E-state index in [-0.39, 0.29) is 45.3 Å². The molecule has 2 N–H and O–H groups in total. The van der Waals surface area contributed by atoms with E-state index in [1.807, 2.05) is 24.8 Å². The number of likely N-dealkylation sites (tertiary alicyclic amines) is 1. The molecule has 7 nitrogen and oxygen atoms in total. The van der Waals surface area contributed by atoms with Gasteiger partial charge in [-0.3, -0.25) is 9.59 Å². The van der Waals surface area contributed by atoms with Crippen LogP contribution in [0, 0.1) is 5.92 Å². The summed E-state index contributed by atoms with van der Waals surface area (Å²) in [6.07, 6.45) is 7.50. The molecule has 0 bridgehead atoms. The normalized spacial score (nSPS) is 23.0. The number of hydrogen-bond acceptors (Lipinski definition) is 6. The van der Waals surface area contributed by atoms with Crippen molar-refractivity contribution in [2.75, 3.05) is 34.3 Å². The standard InChI is InChI=1S/C32H44N4O3S.CH4.2H2/c1-21(33-2)31(37)34-30(22-11-6-5-7-12-22)32(38)36-18-10-15-26(36)29-19-35(3)27(20-40-29)24-16-17-28(39-4)25-14-9-8-13-23(24)25;;;/h8-9,13-14,16-17,20-22,26,29-30,33H,5-7,10-12,15,18-19H2,1-4H3,(H,34,37);1H4;2*1H/t21-,26-,29?,30-;;;/m0.../s1. The molecule has 2 aromatic rings. The number of amides is 2. The van der Waals surface area contributed by atoms with Crippen molar-refractivity contribution in [3.05, 3.63) is 47.4 Å². The fourth-order valence-electron chi connectivity index (χ4n) is 6.70. The molecule has 2 aromatic carbocycles. The zero-order chi connectivity index (χ0) is 28.2. The molecule has 2 heterocycles. The molecule has 41 heavy (non-hydrogen) atoms. The Labute approximate surface area is 253 Å². The summed E-state index contributed by atoms with van der Waals surface area (Å²) in [5, 5.41) is 11.0. The molecule has 0 radical (unpaired) electrons. The number of carbonyl (C=O) groups excluding carboxylic acids is 2. The lowest BCUT2D eigenvalue weighted by molar-refractivity contribution is -0.139. The van der Waals surface area contributed by atoms with E-state index >= 15 is 0 Å². The Morgan fingerprint density at radius 2 is 1.78 bits per heavy atom. The van der Waals surface area contributed by atoms with Crippen molar-refractivity contribution in [2.24, 2.45) is 5.92 Å². The van der Waals surface area contributed by atoms with Crippen molar-refractivity contribution >= 4 is 40.0 Å². The lowest BCUT2D eigenvalue weighted by Crippen LogP contribution is -2.58. The quantitative estimate of drug-likeness (QED) is 0.397. The van der Waals surface area contributed by atoms with E-state index in [1.54, 1.807) is 14.2 Å². The maximum absolute atomic E-state index is 14.2. The lowest BCUT2D eigenvalue weighted by Gasteiger charge is -2.40. The first kappa shape index (κ1) is 31.2. The third-order valence-corrected chi connectivity index (χ3v) is 10.3. The highest BCUT2D eigenvalue weighted by atomic mass is 32.2. The van der Waals surface area contributed by atoms with Gasteiger partial charge in [-0.2, -0.15) is 0 Å². The molecule has 2 amide bonds. The number of nitrogens with one attached hydrogen (secondary N) is 2. The van der Waals surface area contributed by atoms with Crippen LogP contribution in [0.5, 0.6) is 5.75 Å². The monoisotopic (exact) mass is 584 g/mol. The van der Waals surface area contributed by atoms with Crippen LogP contribution in [0.1, 0.15) is 67.7 Å². The third kappa shape index (κ3) is 6.54. The molecule has 5 rings (SSSR count). The van der Waals surface area contributed by atoms with Crippen LogP contribution in [-0.2, 0) is 9.59 Å². The Kier molecular flexibility index (Phi) is 10.6.